The summed E-state index contributed by atoms with van der Waals surface area (Å²) in [5.41, 5.74) is 3.54. The van der Waals surface area contributed by atoms with Crippen LogP contribution in [-0.4, -0.2) is 44.8 Å². The fraction of sp³-hybridized carbons (Fsp3) is 0.238. The molecule has 7 heteroatoms. The van der Waals surface area contributed by atoms with Gasteiger partial charge in [-0.1, -0.05) is 29.8 Å². The molecule has 0 fully saturated rings. The summed E-state index contributed by atoms with van der Waals surface area (Å²) in [6.45, 7) is 1.91. The first-order valence-corrected chi connectivity index (χ1v) is 8.98. The highest BCUT2D eigenvalue weighted by Gasteiger charge is 2.25. The number of nitrogens with zero attached hydrogens (tertiary/aromatic N) is 3. The molecule has 0 unspecified atom stereocenters. The van der Waals surface area contributed by atoms with Gasteiger partial charge >= 0.3 is 0 Å². The summed E-state index contributed by atoms with van der Waals surface area (Å²) in [5, 5.41) is 0.506. The normalized spacial score (nSPS) is 15.1. The third kappa shape index (κ3) is 3.60. The number of benzene rings is 2. The summed E-state index contributed by atoms with van der Waals surface area (Å²) in [4.78, 5) is 11.3. The lowest BCUT2D eigenvalue weighted by Gasteiger charge is -2.17. The molecule has 0 spiro atoms. The van der Waals surface area contributed by atoms with Crippen LogP contribution in [0, 0.1) is 5.82 Å². The molecular formula is C21H21ClFN3O2. The second-order valence-electron chi connectivity index (χ2n) is 6.39. The van der Waals surface area contributed by atoms with E-state index in [9.17, 15) is 4.39 Å². The second-order valence-corrected chi connectivity index (χ2v) is 6.80. The lowest BCUT2D eigenvalue weighted by atomic mass is 10.00. The maximum atomic E-state index is 14.6. The number of rotatable bonds is 3. The van der Waals surface area contributed by atoms with Crippen molar-refractivity contribution in [2.45, 2.75) is 6.92 Å². The molecule has 0 amide bonds. The number of methoxy groups -OCH3 is 2. The quantitative estimate of drug-likeness (QED) is 0.741. The number of aliphatic imine (C=N–C) groups is 2. The van der Waals surface area contributed by atoms with Gasteiger partial charge in [-0.2, -0.15) is 0 Å². The third-order valence-corrected chi connectivity index (χ3v) is 4.84. The molecule has 28 heavy (non-hydrogen) atoms. The zero-order valence-electron chi connectivity index (χ0n) is 16.4. The smallest absolute Gasteiger partial charge is 0.242 e. The number of allylic oxidation sites excluding steroid dienone is 1. The summed E-state index contributed by atoms with van der Waals surface area (Å²) in [6, 6.07) is 10.2. The molecule has 2 aromatic carbocycles. The Morgan fingerprint density at radius 2 is 1.75 bits per heavy atom. The average Bonchev–Trinajstić information content (AvgIpc) is 2.83. The van der Waals surface area contributed by atoms with Gasteiger partial charge in [0.2, 0.25) is 5.90 Å². The number of fused-ring (bicyclic) bond motifs is 1. The monoisotopic (exact) mass is 401 g/mol. The maximum Gasteiger partial charge on any atom is 0.242 e. The molecule has 0 bridgehead atoms. The molecule has 2 aromatic rings. The van der Waals surface area contributed by atoms with E-state index >= 15 is 0 Å². The predicted molar refractivity (Wildman–Crippen MR) is 111 cm³/mol. The van der Waals surface area contributed by atoms with Crippen LogP contribution in [0.4, 0.5) is 10.1 Å². The molecule has 1 heterocycles. The fourth-order valence-electron chi connectivity index (χ4n) is 2.81. The van der Waals surface area contributed by atoms with Gasteiger partial charge in [0, 0.05) is 42.0 Å². The van der Waals surface area contributed by atoms with Gasteiger partial charge in [-0.3, -0.25) is 0 Å². The molecule has 0 saturated heterocycles. The minimum Gasteiger partial charge on any atom is -0.494 e. The van der Waals surface area contributed by atoms with E-state index in [0.29, 0.717) is 39.1 Å². The standard InChI is InChI=1S/C21H21ClFN3O2/c1-12(26(2)3)19-21(28-5)24-17-11-18(27-4)16(23)10-14(17)20(25-19)13-8-6-7-9-15(13)22/h6-11H,1-5H3/b19-12+. The van der Waals surface area contributed by atoms with E-state index in [4.69, 9.17) is 26.1 Å². The van der Waals surface area contributed by atoms with Gasteiger partial charge in [0.25, 0.3) is 0 Å². The lowest BCUT2D eigenvalue weighted by molar-refractivity contribution is 0.386. The molecule has 0 atom stereocenters. The lowest BCUT2D eigenvalue weighted by Crippen LogP contribution is -2.16. The van der Waals surface area contributed by atoms with Crippen molar-refractivity contribution < 1.29 is 13.9 Å². The van der Waals surface area contributed by atoms with Gasteiger partial charge < -0.3 is 14.4 Å². The molecule has 0 aliphatic carbocycles. The number of halogens is 2. The summed E-state index contributed by atoms with van der Waals surface area (Å²) in [7, 11) is 6.74. The van der Waals surface area contributed by atoms with Gasteiger partial charge in [0.1, 0.15) is 5.70 Å². The van der Waals surface area contributed by atoms with Gasteiger partial charge in [0.05, 0.1) is 25.6 Å². The molecule has 146 valence electrons. The van der Waals surface area contributed by atoms with Crippen molar-refractivity contribution in [1.29, 1.82) is 0 Å². The van der Waals surface area contributed by atoms with Crippen molar-refractivity contribution in [3.8, 4) is 5.75 Å². The van der Waals surface area contributed by atoms with Gasteiger partial charge in [0.15, 0.2) is 11.6 Å². The SMILES string of the molecule is COC1=Nc2cc(OC)c(F)cc2C(c2ccccc2Cl)=N/C1=C(\C)N(C)C. The van der Waals surface area contributed by atoms with Crippen LogP contribution in [0.5, 0.6) is 5.75 Å². The van der Waals surface area contributed by atoms with E-state index in [2.05, 4.69) is 4.99 Å². The van der Waals surface area contributed by atoms with E-state index < -0.39 is 5.82 Å². The van der Waals surface area contributed by atoms with E-state index in [1.807, 2.05) is 44.1 Å². The van der Waals surface area contributed by atoms with E-state index in [1.165, 1.54) is 26.4 Å². The van der Waals surface area contributed by atoms with Crippen LogP contribution in [0.25, 0.3) is 0 Å². The van der Waals surface area contributed by atoms with Crippen LogP contribution < -0.4 is 4.74 Å². The highest BCUT2D eigenvalue weighted by Crippen LogP contribution is 2.35. The molecular weight excluding hydrogens is 381 g/mol. The Bertz CT molecular complexity index is 1010. The number of ether oxygens (including phenoxy) is 2. The predicted octanol–water partition coefficient (Wildman–Crippen LogP) is 4.81. The molecule has 0 saturated carbocycles. The molecule has 0 N–H and O–H groups in total. The Balaban J connectivity index is 2.41. The average molecular weight is 402 g/mol. The molecule has 0 radical (unpaired) electrons. The largest absolute Gasteiger partial charge is 0.494 e. The Hall–Kier alpha value is -2.86. The topological polar surface area (TPSA) is 46.4 Å². The van der Waals surface area contributed by atoms with Crippen molar-refractivity contribution in [3.63, 3.8) is 0 Å². The van der Waals surface area contributed by atoms with Crippen molar-refractivity contribution >= 4 is 28.9 Å². The van der Waals surface area contributed by atoms with Crippen LogP contribution in [-0.2, 0) is 4.74 Å². The molecule has 1 aliphatic rings. The van der Waals surface area contributed by atoms with Crippen molar-refractivity contribution in [3.05, 3.63) is 69.8 Å². The highest BCUT2D eigenvalue weighted by atomic mass is 35.5. The van der Waals surface area contributed by atoms with Crippen LogP contribution >= 0.6 is 11.6 Å². The minimum atomic E-state index is -0.507. The van der Waals surface area contributed by atoms with Crippen LogP contribution in [0.1, 0.15) is 18.1 Å². The molecule has 3 rings (SSSR count). The van der Waals surface area contributed by atoms with Crippen molar-refractivity contribution in [1.82, 2.24) is 4.90 Å². The Kier molecular flexibility index (Phi) is 5.70. The molecule has 0 aromatic heterocycles. The minimum absolute atomic E-state index is 0.0909. The summed E-state index contributed by atoms with van der Waals surface area (Å²) >= 11 is 6.44. The van der Waals surface area contributed by atoms with Crippen LogP contribution in [0.2, 0.25) is 5.02 Å². The number of hydrogen-bond acceptors (Lipinski definition) is 5. The van der Waals surface area contributed by atoms with Crippen molar-refractivity contribution in [2.24, 2.45) is 9.98 Å². The summed E-state index contributed by atoms with van der Waals surface area (Å²) in [6.07, 6.45) is 0. The molecule has 1 aliphatic heterocycles. The Morgan fingerprint density at radius 1 is 1.04 bits per heavy atom. The van der Waals surface area contributed by atoms with E-state index in [0.717, 1.165) is 5.70 Å². The summed E-state index contributed by atoms with van der Waals surface area (Å²) < 4.78 is 25.2. The van der Waals surface area contributed by atoms with E-state index in [1.54, 1.807) is 6.07 Å². The maximum absolute atomic E-state index is 14.6. The van der Waals surface area contributed by atoms with Crippen LogP contribution in [0.3, 0.4) is 0 Å². The van der Waals surface area contributed by atoms with Crippen LogP contribution in [0.15, 0.2) is 57.8 Å². The summed E-state index contributed by atoms with van der Waals surface area (Å²) in [5.74, 6) is -0.0941. The van der Waals surface area contributed by atoms with Gasteiger partial charge in [-0.25, -0.2) is 14.4 Å². The first-order valence-electron chi connectivity index (χ1n) is 8.60. The van der Waals surface area contributed by atoms with E-state index in [-0.39, 0.29) is 5.75 Å². The zero-order valence-corrected chi connectivity index (χ0v) is 17.1. The Morgan fingerprint density at radius 3 is 2.36 bits per heavy atom. The van der Waals surface area contributed by atoms with Gasteiger partial charge in [-0.15, -0.1) is 0 Å². The third-order valence-electron chi connectivity index (χ3n) is 4.51. The van der Waals surface area contributed by atoms with Gasteiger partial charge in [-0.05, 0) is 19.1 Å². The fourth-order valence-corrected chi connectivity index (χ4v) is 3.04. The first kappa shape index (κ1) is 19.9. The second kappa shape index (κ2) is 8.02. The van der Waals surface area contributed by atoms with Crippen molar-refractivity contribution in [2.75, 3.05) is 28.3 Å². The number of hydrogen-bond donors (Lipinski definition) is 0. The first-order chi connectivity index (χ1) is 13.4. The Labute approximate surface area is 168 Å². The highest BCUT2D eigenvalue weighted by molar-refractivity contribution is 6.36. The molecule has 5 nitrogen and oxygen atoms in total. The zero-order chi connectivity index (χ0) is 20.4.